The summed E-state index contributed by atoms with van der Waals surface area (Å²) in [4.78, 5) is 45.0. The highest BCUT2D eigenvalue weighted by Crippen LogP contribution is 2.48. The Labute approximate surface area is 302 Å². The van der Waals surface area contributed by atoms with E-state index in [4.69, 9.17) is 4.74 Å². The van der Waals surface area contributed by atoms with Crippen LogP contribution >= 0.6 is 11.8 Å². The summed E-state index contributed by atoms with van der Waals surface area (Å²) in [6.07, 6.45) is 2.58. The van der Waals surface area contributed by atoms with Crippen LogP contribution in [0.1, 0.15) is 54.4 Å². The van der Waals surface area contributed by atoms with Gasteiger partial charge in [-0.3, -0.25) is 14.4 Å². The summed E-state index contributed by atoms with van der Waals surface area (Å²) in [5, 5.41) is 0. The number of carbonyl (C=O) groups is 3. The number of ether oxygens (including phenoxy) is 1. The third-order valence-corrected chi connectivity index (χ3v) is 10.5. The minimum absolute atomic E-state index is 0.118. The summed E-state index contributed by atoms with van der Waals surface area (Å²) in [6.45, 7) is 1.27. The maximum Gasteiger partial charge on any atom is 0.308 e. The lowest BCUT2D eigenvalue weighted by Crippen LogP contribution is -2.50. The Morgan fingerprint density at radius 1 is 0.660 bits per heavy atom. The number of rotatable bonds is 19. The van der Waals surface area contributed by atoms with Gasteiger partial charge in [0.1, 0.15) is 12.6 Å². The van der Waals surface area contributed by atoms with Crippen LogP contribution in [0.4, 0.5) is 0 Å². The molecule has 0 heterocycles. The Hall–Kier alpha value is -4.40. The molecule has 0 aliphatic carbocycles. The van der Waals surface area contributed by atoms with Crippen molar-refractivity contribution in [1.82, 2.24) is 14.7 Å². The van der Waals surface area contributed by atoms with Crippen LogP contribution in [0.5, 0.6) is 0 Å². The Balaban J connectivity index is 1.38. The summed E-state index contributed by atoms with van der Waals surface area (Å²) in [5.41, 5.74) is 4.55. The van der Waals surface area contributed by atoms with Gasteiger partial charge in [-0.1, -0.05) is 128 Å². The highest BCUT2D eigenvalue weighted by Gasteiger charge is 2.36. The first-order chi connectivity index (χ1) is 24.2. The van der Waals surface area contributed by atoms with E-state index in [1.165, 1.54) is 21.6 Å². The first-order valence-corrected chi connectivity index (χ1v) is 18.4. The second-order valence-corrected chi connectivity index (χ2v) is 14.2. The number of likely N-dealkylation sites (N-methyl/N-ethyl adjacent to an activating group) is 3. The molecule has 0 spiro atoms. The van der Waals surface area contributed by atoms with E-state index < -0.39 is 12.0 Å². The number of benzene rings is 4. The molecule has 0 fully saturated rings. The summed E-state index contributed by atoms with van der Waals surface area (Å²) < 4.78 is 5.13. The van der Waals surface area contributed by atoms with E-state index in [1.54, 1.807) is 19.0 Å². The van der Waals surface area contributed by atoms with Crippen molar-refractivity contribution < 1.29 is 19.1 Å². The van der Waals surface area contributed by atoms with Crippen molar-refractivity contribution in [1.29, 1.82) is 0 Å². The SMILES string of the molecule is CN(C)CCN(C)C(=O)[C@H](CC(=O)OCc1ccccc1)N(C)C(=O)CCCCCSC(c1ccccc1)(c1ccccc1)c1ccccc1. The lowest BCUT2D eigenvalue weighted by Gasteiger charge is -2.35. The van der Waals surface area contributed by atoms with Gasteiger partial charge in [0.2, 0.25) is 11.8 Å². The average Bonchev–Trinajstić information content (AvgIpc) is 3.15. The Bertz CT molecular complexity index is 1510. The fourth-order valence-corrected chi connectivity index (χ4v) is 7.52. The molecule has 0 unspecified atom stereocenters. The zero-order valence-electron chi connectivity index (χ0n) is 29.9. The van der Waals surface area contributed by atoms with Gasteiger partial charge in [0, 0.05) is 33.6 Å². The normalized spacial score (nSPS) is 11.9. The molecule has 50 heavy (non-hydrogen) atoms. The maximum atomic E-state index is 13.6. The summed E-state index contributed by atoms with van der Waals surface area (Å²) in [7, 11) is 7.22. The van der Waals surface area contributed by atoms with Gasteiger partial charge in [-0.05, 0) is 54.9 Å². The van der Waals surface area contributed by atoms with Crippen LogP contribution in [-0.2, 0) is 30.5 Å². The van der Waals surface area contributed by atoms with E-state index in [2.05, 4.69) is 91.0 Å². The van der Waals surface area contributed by atoms with Crippen molar-refractivity contribution in [2.24, 2.45) is 0 Å². The smallest absolute Gasteiger partial charge is 0.308 e. The van der Waals surface area contributed by atoms with Crippen LogP contribution in [-0.4, -0.2) is 85.6 Å². The molecule has 264 valence electrons. The highest BCUT2D eigenvalue weighted by atomic mass is 32.2. The fourth-order valence-electron chi connectivity index (χ4n) is 5.96. The molecular weight excluding hydrogens is 643 g/mol. The monoisotopic (exact) mass is 693 g/mol. The van der Waals surface area contributed by atoms with Gasteiger partial charge in [0.15, 0.2) is 0 Å². The van der Waals surface area contributed by atoms with E-state index >= 15 is 0 Å². The van der Waals surface area contributed by atoms with Crippen molar-refractivity contribution in [3.63, 3.8) is 0 Å². The second-order valence-electron chi connectivity index (χ2n) is 12.9. The van der Waals surface area contributed by atoms with Crippen LogP contribution in [0.2, 0.25) is 0 Å². The average molecular weight is 694 g/mol. The highest BCUT2D eigenvalue weighted by molar-refractivity contribution is 8.00. The van der Waals surface area contributed by atoms with E-state index in [-0.39, 0.29) is 29.6 Å². The number of carbonyl (C=O) groups excluding carboxylic acids is 3. The van der Waals surface area contributed by atoms with Gasteiger partial charge in [0.25, 0.3) is 0 Å². The van der Waals surface area contributed by atoms with E-state index in [9.17, 15) is 14.4 Å². The third-order valence-electron chi connectivity index (χ3n) is 8.90. The standard InChI is InChI=1S/C42H51N3O4S/c1-43(2)29-30-44(3)41(48)38(32-40(47)49-33-34-20-10-5-11-21-34)45(4)39(46)28-18-9-19-31-50-42(35-22-12-6-13-23-35,36-24-14-7-15-25-36)37-26-16-8-17-27-37/h5-8,10-17,20-27,38H,9,18-19,28-33H2,1-4H3/t38-/m0/s1. The largest absolute Gasteiger partial charge is 0.461 e. The van der Waals surface area contributed by atoms with Crippen LogP contribution in [0.15, 0.2) is 121 Å². The second kappa shape index (κ2) is 19.7. The van der Waals surface area contributed by atoms with E-state index in [0.717, 1.165) is 24.2 Å². The number of nitrogens with zero attached hydrogens (tertiary/aromatic N) is 3. The predicted octanol–water partition coefficient (Wildman–Crippen LogP) is 7.25. The van der Waals surface area contributed by atoms with Gasteiger partial charge in [-0.15, -0.1) is 11.8 Å². The van der Waals surface area contributed by atoms with Gasteiger partial charge in [-0.25, -0.2) is 0 Å². The fraction of sp³-hybridized carbons (Fsp3) is 0.357. The molecule has 0 bridgehead atoms. The summed E-state index contributed by atoms with van der Waals surface area (Å²) in [5.74, 6) is -0.0353. The molecule has 4 rings (SSSR count). The lowest BCUT2D eigenvalue weighted by atomic mass is 9.84. The van der Waals surface area contributed by atoms with Crippen molar-refractivity contribution in [2.75, 3.05) is 47.0 Å². The van der Waals surface area contributed by atoms with Crippen molar-refractivity contribution in [3.05, 3.63) is 144 Å². The minimum Gasteiger partial charge on any atom is -0.461 e. The van der Waals surface area contributed by atoms with Crippen molar-refractivity contribution >= 4 is 29.5 Å². The molecule has 0 radical (unpaired) electrons. The number of amides is 2. The van der Waals surface area contributed by atoms with Gasteiger partial charge < -0.3 is 19.4 Å². The molecule has 0 aromatic heterocycles. The quantitative estimate of drug-likeness (QED) is 0.0586. The number of unbranched alkanes of at least 4 members (excludes halogenated alkanes) is 2. The summed E-state index contributed by atoms with van der Waals surface area (Å²) in [6, 6.07) is 40.4. The van der Waals surface area contributed by atoms with Crippen LogP contribution in [0, 0.1) is 0 Å². The number of hydrogen-bond donors (Lipinski definition) is 0. The van der Waals surface area contributed by atoms with E-state index in [0.29, 0.717) is 25.9 Å². The molecule has 2 amide bonds. The molecule has 4 aromatic carbocycles. The molecule has 0 saturated carbocycles. The molecule has 0 N–H and O–H groups in total. The lowest BCUT2D eigenvalue weighted by molar-refractivity contribution is -0.153. The molecule has 1 atom stereocenters. The zero-order chi connectivity index (χ0) is 35.8. The first kappa shape index (κ1) is 38.4. The molecule has 8 heteroatoms. The molecule has 7 nitrogen and oxygen atoms in total. The van der Waals surface area contributed by atoms with E-state index in [1.807, 2.05) is 61.1 Å². The maximum absolute atomic E-state index is 13.6. The van der Waals surface area contributed by atoms with Crippen molar-refractivity contribution in [3.8, 4) is 0 Å². The van der Waals surface area contributed by atoms with Crippen LogP contribution in [0.3, 0.4) is 0 Å². The number of esters is 1. The Kier molecular flexibility index (Phi) is 15.1. The van der Waals surface area contributed by atoms with Gasteiger partial charge in [0.05, 0.1) is 11.2 Å². The first-order valence-electron chi connectivity index (χ1n) is 17.4. The topological polar surface area (TPSA) is 70.2 Å². The summed E-state index contributed by atoms with van der Waals surface area (Å²) >= 11 is 1.92. The predicted molar refractivity (Wildman–Crippen MR) is 204 cm³/mol. The molecule has 0 aliphatic heterocycles. The number of hydrogen-bond acceptors (Lipinski definition) is 6. The minimum atomic E-state index is -0.934. The molecular formula is C42H51N3O4S. The van der Waals surface area contributed by atoms with Crippen LogP contribution in [0.25, 0.3) is 0 Å². The molecule has 0 aliphatic rings. The van der Waals surface area contributed by atoms with Crippen molar-refractivity contribution in [2.45, 2.75) is 49.5 Å². The molecule has 0 saturated heterocycles. The van der Waals surface area contributed by atoms with Gasteiger partial charge >= 0.3 is 5.97 Å². The zero-order valence-corrected chi connectivity index (χ0v) is 30.7. The molecule has 4 aromatic rings. The Morgan fingerprint density at radius 2 is 1.16 bits per heavy atom. The number of thioether (sulfide) groups is 1. The Morgan fingerprint density at radius 3 is 1.66 bits per heavy atom. The van der Waals surface area contributed by atoms with Gasteiger partial charge in [-0.2, -0.15) is 0 Å². The third kappa shape index (κ3) is 10.8. The van der Waals surface area contributed by atoms with Crippen LogP contribution < -0.4 is 0 Å².